The van der Waals surface area contributed by atoms with E-state index in [1.165, 1.54) is 18.2 Å². The van der Waals surface area contributed by atoms with Gasteiger partial charge in [-0.2, -0.15) is 0 Å². The third-order valence-corrected chi connectivity index (χ3v) is 3.17. The first-order valence-corrected chi connectivity index (χ1v) is 6.75. The van der Waals surface area contributed by atoms with Gasteiger partial charge in [-0.25, -0.2) is 4.79 Å². The average molecular weight is 313 g/mol. The zero-order chi connectivity index (χ0) is 17.0. The molecule has 2 rings (SSSR count). The van der Waals surface area contributed by atoms with Crippen molar-refractivity contribution in [3.8, 4) is 0 Å². The lowest BCUT2D eigenvalue weighted by molar-refractivity contribution is -0.385. The summed E-state index contributed by atoms with van der Waals surface area (Å²) < 4.78 is 0. The smallest absolute Gasteiger partial charge is 0.365 e. The number of nitrogens with two attached hydrogens (primary N) is 1. The predicted molar refractivity (Wildman–Crippen MR) is 85.2 cm³/mol. The van der Waals surface area contributed by atoms with Crippen LogP contribution >= 0.6 is 0 Å². The highest BCUT2D eigenvalue weighted by molar-refractivity contribution is 5.98. The van der Waals surface area contributed by atoms with Gasteiger partial charge in [0.25, 0.3) is 5.69 Å². The number of aryl methyl sites for hydroxylation is 2. The Morgan fingerprint density at radius 3 is 2.52 bits per heavy atom. The van der Waals surface area contributed by atoms with Gasteiger partial charge in [-0.05, 0) is 32.0 Å². The van der Waals surface area contributed by atoms with Crippen LogP contribution in [0.5, 0.6) is 0 Å². The Morgan fingerprint density at radius 1 is 1.17 bits per heavy atom. The van der Waals surface area contributed by atoms with Crippen molar-refractivity contribution >= 4 is 17.5 Å². The molecule has 0 aliphatic heterocycles. The number of nitro benzene ring substituents is 1. The molecule has 0 saturated carbocycles. The first-order valence-electron chi connectivity index (χ1n) is 6.75. The lowest BCUT2D eigenvalue weighted by Gasteiger charge is -2.03. The minimum absolute atomic E-state index is 0.0654. The fourth-order valence-corrected chi connectivity index (χ4v) is 1.99. The van der Waals surface area contributed by atoms with Gasteiger partial charge in [-0.3, -0.25) is 10.1 Å². The first-order chi connectivity index (χ1) is 10.9. The fraction of sp³-hybridized carbons (Fsp3) is 0.125. The summed E-state index contributed by atoms with van der Waals surface area (Å²) in [6.07, 6.45) is 0. The fourth-order valence-electron chi connectivity index (χ4n) is 1.99. The SMILES string of the molecule is Cc1cccc(/C(N)=N\OC(=O)c2ccc([N+](=O)[O-])c(C)c2)c1. The summed E-state index contributed by atoms with van der Waals surface area (Å²) in [5.74, 6) is -0.667. The molecule has 7 heteroatoms. The van der Waals surface area contributed by atoms with E-state index in [4.69, 9.17) is 10.6 Å². The molecule has 0 unspecified atom stereocenters. The lowest BCUT2D eigenvalue weighted by atomic mass is 10.1. The standard InChI is InChI=1S/C16H15N3O4/c1-10-4-3-5-12(8-10)15(17)18-23-16(20)13-6-7-14(19(21)22)11(2)9-13/h3-9H,1-2H3,(H2,17,18). The third kappa shape index (κ3) is 3.91. The summed E-state index contributed by atoms with van der Waals surface area (Å²) >= 11 is 0. The van der Waals surface area contributed by atoms with Crippen LogP contribution in [0.25, 0.3) is 0 Å². The Bertz CT molecular complexity index is 800. The Labute approximate surface area is 132 Å². The summed E-state index contributed by atoms with van der Waals surface area (Å²) in [6, 6.07) is 11.2. The number of hydrogen-bond donors (Lipinski definition) is 1. The van der Waals surface area contributed by atoms with Crippen LogP contribution in [0.4, 0.5) is 5.69 Å². The van der Waals surface area contributed by atoms with Crippen LogP contribution in [0, 0.1) is 24.0 Å². The molecule has 0 heterocycles. The van der Waals surface area contributed by atoms with Crippen LogP contribution in [0.3, 0.4) is 0 Å². The molecule has 23 heavy (non-hydrogen) atoms. The molecular formula is C16H15N3O4. The molecular weight excluding hydrogens is 298 g/mol. The number of carbonyl (C=O) groups excluding carboxylic acids is 1. The molecule has 0 amide bonds. The molecule has 7 nitrogen and oxygen atoms in total. The maximum absolute atomic E-state index is 11.9. The molecule has 0 aliphatic carbocycles. The van der Waals surface area contributed by atoms with Gasteiger partial charge in [0.05, 0.1) is 10.5 Å². The molecule has 0 fully saturated rings. The maximum Gasteiger partial charge on any atom is 0.365 e. The van der Waals surface area contributed by atoms with E-state index in [9.17, 15) is 14.9 Å². The third-order valence-electron chi connectivity index (χ3n) is 3.17. The molecule has 0 bridgehead atoms. The number of amidine groups is 1. The molecule has 0 spiro atoms. The van der Waals surface area contributed by atoms with E-state index in [1.807, 2.05) is 25.1 Å². The second-order valence-electron chi connectivity index (χ2n) is 4.98. The normalized spacial score (nSPS) is 11.1. The van der Waals surface area contributed by atoms with E-state index in [0.29, 0.717) is 11.1 Å². The summed E-state index contributed by atoms with van der Waals surface area (Å²) in [6.45, 7) is 3.45. The van der Waals surface area contributed by atoms with Gasteiger partial charge >= 0.3 is 5.97 Å². The highest BCUT2D eigenvalue weighted by atomic mass is 16.7. The molecule has 118 valence electrons. The van der Waals surface area contributed by atoms with Crippen LogP contribution in [-0.2, 0) is 4.84 Å². The van der Waals surface area contributed by atoms with Crippen molar-refractivity contribution in [2.24, 2.45) is 10.9 Å². The highest BCUT2D eigenvalue weighted by Gasteiger charge is 2.15. The molecule has 0 aromatic heterocycles. The van der Waals surface area contributed by atoms with Crippen molar-refractivity contribution in [1.29, 1.82) is 0 Å². The van der Waals surface area contributed by atoms with E-state index in [2.05, 4.69) is 5.16 Å². The van der Waals surface area contributed by atoms with Crippen molar-refractivity contribution in [3.63, 3.8) is 0 Å². The van der Waals surface area contributed by atoms with Crippen LogP contribution in [0.2, 0.25) is 0 Å². The van der Waals surface area contributed by atoms with E-state index < -0.39 is 10.9 Å². The van der Waals surface area contributed by atoms with Gasteiger partial charge in [0.15, 0.2) is 5.84 Å². The molecule has 2 N–H and O–H groups in total. The topological polar surface area (TPSA) is 108 Å². The number of nitrogens with zero attached hydrogens (tertiary/aromatic N) is 2. The summed E-state index contributed by atoms with van der Waals surface area (Å²) in [4.78, 5) is 27.0. The van der Waals surface area contributed by atoms with Gasteiger partial charge in [-0.15, -0.1) is 0 Å². The van der Waals surface area contributed by atoms with Crippen LogP contribution in [-0.4, -0.2) is 16.7 Å². The number of carbonyl (C=O) groups is 1. The quantitative estimate of drug-likeness (QED) is 0.307. The monoisotopic (exact) mass is 313 g/mol. The Hall–Kier alpha value is -3.22. The van der Waals surface area contributed by atoms with Gasteiger partial charge in [0, 0.05) is 17.2 Å². The number of benzene rings is 2. The molecule has 0 atom stereocenters. The minimum Gasteiger partial charge on any atom is -0.380 e. The van der Waals surface area contributed by atoms with E-state index in [1.54, 1.807) is 13.0 Å². The second kappa shape index (κ2) is 6.69. The Balaban J connectivity index is 2.14. The van der Waals surface area contributed by atoms with Crippen LogP contribution < -0.4 is 5.73 Å². The summed E-state index contributed by atoms with van der Waals surface area (Å²) in [5, 5.41) is 14.4. The van der Waals surface area contributed by atoms with E-state index in [-0.39, 0.29) is 17.1 Å². The Kier molecular flexibility index (Phi) is 4.70. The molecule has 2 aromatic carbocycles. The first kappa shape index (κ1) is 16.2. The van der Waals surface area contributed by atoms with Crippen molar-refractivity contribution in [2.75, 3.05) is 0 Å². The van der Waals surface area contributed by atoms with Gasteiger partial charge in [0.2, 0.25) is 0 Å². The van der Waals surface area contributed by atoms with Gasteiger partial charge in [-0.1, -0.05) is 28.9 Å². The second-order valence-corrected chi connectivity index (χ2v) is 4.98. The van der Waals surface area contributed by atoms with Gasteiger partial charge < -0.3 is 10.6 Å². The van der Waals surface area contributed by atoms with Crippen LogP contribution in [0.15, 0.2) is 47.6 Å². The largest absolute Gasteiger partial charge is 0.380 e. The molecule has 0 radical (unpaired) electrons. The summed E-state index contributed by atoms with van der Waals surface area (Å²) in [7, 11) is 0. The zero-order valence-corrected chi connectivity index (χ0v) is 12.6. The minimum atomic E-state index is -0.737. The lowest BCUT2D eigenvalue weighted by Crippen LogP contribution is -2.15. The predicted octanol–water partition coefficient (Wildman–Crippen LogP) is 2.69. The molecule has 0 saturated heterocycles. The van der Waals surface area contributed by atoms with Crippen LogP contribution in [0.1, 0.15) is 27.0 Å². The van der Waals surface area contributed by atoms with Crippen molar-refractivity contribution in [2.45, 2.75) is 13.8 Å². The maximum atomic E-state index is 11.9. The van der Waals surface area contributed by atoms with E-state index in [0.717, 1.165) is 5.56 Å². The number of oxime groups is 1. The Morgan fingerprint density at radius 2 is 1.91 bits per heavy atom. The van der Waals surface area contributed by atoms with Crippen molar-refractivity contribution < 1.29 is 14.6 Å². The number of rotatable bonds is 4. The zero-order valence-electron chi connectivity index (χ0n) is 12.6. The number of nitro groups is 1. The number of hydrogen-bond acceptors (Lipinski definition) is 5. The molecule has 0 aliphatic rings. The van der Waals surface area contributed by atoms with E-state index >= 15 is 0 Å². The van der Waals surface area contributed by atoms with Crippen molar-refractivity contribution in [1.82, 2.24) is 0 Å². The average Bonchev–Trinajstić information content (AvgIpc) is 2.51. The van der Waals surface area contributed by atoms with Crippen molar-refractivity contribution in [3.05, 3.63) is 74.8 Å². The summed E-state index contributed by atoms with van der Waals surface area (Å²) in [5.41, 5.74) is 7.86. The highest BCUT2D eigenvalue weighted by Crippen LogP contribution is 2.19. The van der Waals surface area contributed by atoms with Gasteiger partial charge in [0.1, 0.15) is 0 Å². The molecule has 2 aromatic rings.